The van der Waals surface area contributed by atoms with Crippen molar-refractivity contribution in [3.05, 3.63) is 12.7 Å². The van der Waals surface area contributed by atoms with Crippen molar-refractivity contribution in [3.8, 4) is 0 Å². The van der Waals surface area contributed by atoms with E-state index in [1.54, 1.807) is 27.8 Å². The van der Waals surface area contributed by atoms with Crippen LogP contribution in [0.25, 0.3) is 0 Å². The molecule has 0 rings (SSSR count). The summed E-state index contributed by atoms with van der Waals surface area (Å²) in [6.07, 6.45) is 0.215. The molecule has 0 aliphatic rings. The van der Waals surface area contributed by atoms with Crippen LogP contribution < -0.4 is 0 Å². The van der Waals surface area contributed by atoms with Gasteiger partial charge in [-0.15, -0.1) is 6.58 Å². The average Bonchev–Trinajstić information content (AvgIpc) is 2.00. The molecule has 0 aliphatic heterocycles. The molecular weight excluding hydrogens is 182 g/mol. The van der Waals surface area contributed by atoms with Gasteiger partial charge in [-0.3, -0.25) is 0 Å². The number of hydrogen-bond acceptors (Lipinski definition) is 3. The van der Waals surface area contributed by atoms with Gasteiger partial charge >= 0.3 is 6.09 Å². The van der Waals surface area contributed by atoms with Gasteiger partial charge in [-0.2, -0.15) is 0 Å². The van der Waals surface area contributed by atoms with E-state index in [1.807, 2.05) is 0 Å². The smallest absolute Gasteiger partial charge is 0.410 e. The number of nitrogens with zero attached hydrogens (tertiary/aromatic N) is 1. The second-order valence-corrected chi connectivity index (χ2v) is 4.16. The fourth-order valence-corrected chi connectivity index (χ4v) is 0.770. The first kappa shape index (κ1) is 13.0. The van der Waals surface area contributed by atoms with Gasteiger partial charge in [-0.25, -0.2) is 4.79 Å². The quantitative estimate of drug-likeness (QED) is 0.702. The fraction of sp³-hybridized carbons (Fsp3) is 0.700. The molecule has 4 heteroatoms. The van der Waals surface area contributed by atoms with E-state index in [0.29, 0.717) is 0 Å². The SMILES string of the molecule is C=CC(O)CN(C)C(=O)OC(C)(C)C. The molecule has 0 heterocycles. The van der Waals surface area contributed by atoms with Crippen molar-refractivity contribution in [2.24, 2.45) is 0 Å². The van der Waals surface area contributed by atoms with Crippen LogP contribution >= 0.6 is 0 Å². The van der Waals surface area contributed by atoms with Crippen LogP contribution in [0.3, 0.4) is 0 Å². The molecule has 0 radical (unpaired) electrons. The molecule has 0 saturated heterocycles. The van der Waals surface area contributed by atoms with Gasteiger partial charge in [0.2, 0.25) is 0 Å². The van der Waals surface area contributed by atoms with Crippen molar-refractivity contribution in [2.45, 2.75) is 32.5 Å². The normalized spacial score (nSPS) is 13.2. The Bertz CT molecular complexity index is 208. The van der Waals surface area contributed by atoms with Gasteiger partial charge in [0.1, 0.15) is 5.60 Å². The van der Waals surface area contributed by atoms with Crippen molar-refractivity contribution >= 4 is 6.09 Å². The molecule has 82 valence electrons. The zero-order valence-electron chi connectivity index (χ0n) is 9.28. The zero-order valence-corrected chi connectivity index (χ0v) is 9.28. The van der Waals surface area contributed by atoms with Crippen LogP contribution in [-0.2, 0) is 4.74 Å². The summed E-state index contributed by atoms with van der Waals surface area (Å²) in [5.41, 5.74) is -0.509. The van der Waals surface area contributed by atoms with Crippen LogP contribution in [0.1, 0.15) is 20.8 Å². The Morgan fingerprint density at radius 1 is 1.64 bits per heavy atom. The lowest BCUT2D eigenvalue weighted by molar-refractivity contribution is 0.0239. The lowest BCUT2D eigenvalue weighted by Gasteiger charge is -2.25. The molecule has 0 spiro atoms. The summed E-state index contributed by atoms with van der Waals surface area (Å²) in [5, 5.41) is 9.21. The van der Waals surface area contributed by atoms with Crippen molar-refractivity contribution in [3.63, 3.8) is 0 Å². The zero-order chi connectivity index (χ0) is 11.4. The minimum absolute atomic E-state index is 0.193. The van der Waals surface area contributed by atoms with Gasteiger partial charge in [-0.1, -0.05) is 6.08 Å². The standard InChI is InChI=1S/C10H19NO3/c1-6-8(12)7-11(5)9(13)14-10(2,3)4/h6,8,12H,1,7H2,2-5H3. The first-order valence-electron chi connectivity index (χ1n) is 4.51. The number of carbonyl (C=O) groups excluding carboxylic acids is 1. The summed E-state index contributed by atoms with van der Waals surface area (Å²) in [6.45, 7) is 8.99. The van der Waals surface area contributed by atoms with Gasteiger partial charge < -0.3 is 14.7 Å². The van der Waals surface area contributed by atoms with Crippen LogP contribution in [0.4, 0.5) is 4.79 Å². The monoisotopic (exact) mass is 201 g/mol. The Balaban J connectivity index is 4.06. The van der Waals surface area contributed by atoms with Crippen molar-refractivity contribution < 1.29 is 14.6 Å². The summed E-state index contributed by atoms with van der Waals surface area (Å²) in [4.78, 5) is 12.7. The first-order valence-corrected chi connectivity index (χ1v) is 4.51. The fourth-order valence-electron chi connectivity index (χ4n) is 0.770. The van der Waals surface area contributed by atoms with E-state index in [9.17, 15) is 9.90 Å². The van der Waals surface area contributed by atoms with Crippen LogP contribution in [0, 0.1) is 0 Å². The Morgan fingerprint density at radius 3 is 2.50 bits per heavy atom. The summed E-state index contributed by atoms with van der Waals surface area (Å²) in [6, 6.07) is 0. The lowest BCUT2D eigenvalue weighted by atomic mass is 10.2. The molecule has 0 aromatic carbocycles. The number of carbonyl (C=O) groups is 1. The molecule has 1 N–H and O–H groups in total. The Labute approximate surface area is 85.2 Å². The van der Waals surface area contributed by atoms with E-state index >= 15 is 0 Å². The second-order valence-electron chi connectivity index (χ2n) is 4.16. The van der Waals surface area contributed by atoms with E-state index in [1.165, 1.54) is 11.0 Å². The second kappa shape index (κ2) is 5.00. The average molecular weight is 201 g/mol. The minimum Gasteiger partial charge on any atom is -0.444 e. The topological polar surface area (TPSA) is 49.8 Å². The molecule has 4 nitrogen and oxygen atoms in total. The predicted octanol–water partition coefficient (Wildman–Crippen LogP) is 1.40. The molecule has 0 aromatic heterocycles. The Morgan fingerprint density at radius 2 is 2.14 bits per heavy atom. The van der Waals surface area contributed by atoms with E-state index in [2.05, 4.69) is 6.58 Å². The maximum Gasteiger partial charge on any atom is 0.410 e. The summed E-state index contributed by atoms with van der Waals surface area (Å²) in [7, 11) is 1.57. The highest BCUT2D eigenvalue weighted by atomic mass is 16.6. The molecular formula is C10H19NO3. The molecule has 0 saturated carbocycles. The highest BCUT2D eigenvalue weighted by Gasteiger charge is 2.20. The number of amides is 1. The summed E-state index contributed by atoms with van der Waals surface area (Å²) >= 11 is 0. The van der Waals surface area contributed by atoms with Crippen molar-refractivity contribution in [1.82, 2.24) is 4.90 Å². The predicted molar refractivity (Wildman–Crippen MR) is 55.1 cm³/mol. The van der Waals surface area contributed by atoms with Gasteiger partial charge in [0.25, 0.3) is 0 Å². The van der Waals surface area contributed by atoms with Gasteiger partial charge in [-0.05, 0) is 20.8 Å². The number of likely N-dealkylation sites (N-methyl/N-ethyl adjacent to an activating group) is 1. The highest BCUT2D eigenvalue weighted by molar-refractivity contribution is 5.67. The largest absolute Gasteiger partial charge is 0.444 e. The molecule has 1 atom stereocenters. The Kier molecular flexibility index (Phi) is 4.63. The number of ether oxygens (including phenoxy) is 1. The lowest BCUT2D eigenvalue weighted by Crippen LogP contribution is -2.37. The summed E-state index contributed by atoms with van der Waals surface area (Å²) in [5.74, 6) is 0. The van der Waals surface area contributed by atoms with Crippen LogP contribution in [0.5, 0.6) is 0 Å². The van der Waals surface area contributed by atoms with Crippen LogP contribution in [0.2, 0.25) is 0 Å². The van der Waals surface area contributed by atoms with E-state index in [-0.39, 0.29) is 6.54 Å². The first-order chi connectivity index (χ1) is 6.26. The third-order valence-electron chi connectivity index (χ3n) is 1.44. The van der Waals surface area contributed by atoms with Gasteiger partial charge in [0.05, 0.1) is 12.6 Å². The van der Waals surface area contributed by atoms with E-state index in [0.717, 1.165) is 0 Å². The molecule has 1 unspecified atom stereocenters. The molecule has 0 bridgehead atoms. The number of rotatable bonds is 3. The third kappa shape index (κ3) is 5.59. The van der Waals surface area contributed by atoms with Gasteiger partial charge in [0, 0.05) is 7.05 Å². The van der Waals surface area contributed by atoms with Crippen LogP contribution in [-0.4, -0.2) is 41.4 Å². The molecule has 0 aliphatic carbocycles. The summed E-state index contributed by atoms with van der Waals surface area (Å²) < 4.78 is 5.09. The molecule has 0 aromatic rings. The molecule has 0 fully saturated rings. The molecule has 1 amide bonds. The van der Waals surface area contributed by atoms with Gasteiger partial charge in [0.15, 0.2) is 0 Å². The minimum atomic E-state index is -0.715. The van der Waals surface area contributed by atoms with Crippen molar-refractivity contribution in [1.29, 1.82) is 0 Å². The van der Waals surface area contributed by atoms with E-state index < -0.39 is 17.8 Å². The maximum atomic E-state index is 11.4. The third-order valence-corrected chi connectivity index (χ3v) is 1.44. The van der Waals surface area contributed by atoms with Crippen molar-refractivity contribution in [2.75, 3.05) is 13.6 Å². The van der Waals surface area contributed by atoms with Crippen LogP contribution in [0.15, 0.2) is 12.7 Å². The maximum absolute atomic E-state index is 11.4. The number of hydrogen-bond donors (Lipinski definition) is 1. The Hall–Kier alpha value is -1.03. The molecule has 14 heavy (non-hydrogen) atoms. The number of aliphatic hydroxyl groups is 1. The van der Waals surface area contributed by atoms with E-state index in [4.69, 9.17) is 4.74 Å². The number of aliphatic hydroxyl groups excluding tert-OH is 1. The highest BCUT2D eigenvalue weighted by Crippen LogP contribution is 2.09.